The molecule has 0 fully saturated rings. The molecular formula is C21H32O4. The summed E-state index contributed by atoms with van der Waals surface area (Å²) in [6.45, 7) is 7.11. The topological polar surface area (TPSA) is 44.8 Å². The van der Waals surface area contributed by atoms with Crippen LogP contribution in [0.15, 0.2) is 36.9 Å². The van der Waals surface area contributed by atoms with Crippen molar-refractivity contribution in [1.82, 2.24) is 0 Å². The van der Waals surface area contributed by atoms with Crippen LogP contribution < -0.4 is 4.74 Å². The maximum absolute atomic E-state index is 10.8. The van der Waals surface area contributed by atoms with E-state index >= 15 is 0 Å². The van der Waals surface area contributed by atoms with Gasteiger partial charge in [-0.2, -0.15) is 0 Å². The van der Waals surface area contributed by atoms with Crippen molar-refractivity contribution in [2.24, 2.45) is 0 Å². The van der Waals surface area contributed by atoms with E-state index in [1.165, 1.54) is 44.1 Å². The van der Waals surface area contributed by atoms with Gasteiger partial charge in [0.15, 0.2) is 0 Å². The molecular weight excluding hydrogens is 316 g/mol. The monoisotopic (exact) mass is 348 g/mol. The van der Waals surface area contributed by atoms with Gasteiger partial charge in [-0.15, -0.1) is 0 Å². The van der Waals surface area contributed by atoms with Gasteiger partial charge in [0, 0.05) is 6.08 Å². The molecule has 0 atom stereocenters. The normalized spacial score (nSPS) is 10.4. The van der Waals surface area contributed by atoms with Crippen molar-refractivity contribution in [2.45, 2.75) is 51.9 Å². The average Bonchev–Trinajstić information content (AvgIpc) is 2.64. The first-order valence-electron chi connectivity index (χ1n) is 9.35. The van der Waals surface area contributed by atoms with Gasteiger partial charge in [-0.25, -0.2) is 4.79 Å². The zero-order valence-corrected chi connectivity index (χ0v) is 15.5. The van der Waals surface area contributed by atoms with Gasteiger partial charge in [-0.1, -0.05) is 57.7 Å². The number of carbonyl (C=O) groups excluding carboxylic acids is 1. The Balaban J connectivity index is 2.04. The summed E-state index contributed by atoms with van der Waals surface area (Å²) >= 11 is 0. The summed E-state index contributed by atoms with van der Waals surface area (Å²) in [5, 5.41) is 0. The third-order valence-corrected chi connectivity index (χ3v) is 3.88. The van der Waals surface area contributed by atoms with E-state index in [1.807, 2.05) is 12.1 Å². The number of ether oxygens (including phenoxy) is 3. The molecule has 4 nitrogen and oxygen atoms in total. The number of hydrogen-bond acceptors (Lipinski definition) is 4. The fourth-order valence-corrected chi connectivity index (χ4v) is 2.44. The summed E-state index contributed by atoms with van der Waals surface area (Å²) < 4.78 is 15.8. The molecule has 1 aromatic carbocycles. The molecule has 0 bridgehead atoms. The highest BCUT2D eigenvalue weighted by Gasteiger charge is 1.98. The van der Waals surface area contributed by atoms with Crippen molar-refractivity contribution in [1.29, 1.82) is 0 Å². The van der Waals surface area contributed by atoms with Crippen molar-refractivity contribution in [3.05, 3.63) is 42.5 Å². The third-order valence-electron chi connectivity index (χ3n) is 3.88. The van der Waals surface area contributed by atoms with Crippen LogP contribution >= 0.6 is 0 Å². The number of hydrogen-bond donors (Lipinski definition) is 0. The van der Waals surface area contributed by atoms with Crippen LogP contribution in [0.5, 0.6) is 5.75 Å². The van der Waals surface area contributed by atoms with Crippen LogP contribution in [0, 0.1) is 0 Å². The number of unbranched alkanes of at least 4 members (excludes halogenated alkanes) is 5. The van der Waals surface area contributed by atoms with Crippen LogP contribution in [0.25, 0.3) is 0 Å². The molecule has 0 N–H and O–H groups in total. The molecule has 0 saturated carbocycles. The number of aryl methyl sites for hydroxylation is 1. The lowest BCUT2D eigenvalue weighted by Crippen LogP contribution is -2.12. The minimum atomic E-state index is -0.430. The van der Waals surface area contributed by atoms with Crippen LogP contribution in [0.4, 0.5) is 0 Å². The van der Waals surface area contributed by atoms with E-state index in [0.717, 1.165) is 18.2 Å². The molecule has 0 spiro atoms. The molecule has 0 amide bonds. The number of rotatable bonds is 15. The fourth-order valence-electron chi connectivity index (χ4n) is 2.44. The summed E-state index contributed by atoms with van der Waals surface area (Å²) in [6.07, 6.45) is 10.2. The van der Waals surface area contributed by atoms with Crippen molar-refractivity contribution in [3.8, 4) is 5.75 Å². The highest BCUT2D eigenvalue weighted by atomic mass is 16.6. The molecule has 0 radical (unpaired) electrons. The number of carbonyl (C=O) groups is 1. The number of esters is 1. The molecule has 0 saturated heterocycles. The van der Waals surface area contributed by atoms with Crippen LogP contribution in [-0.4, -0.2) is 32.4 Å². The molecule has 1 rings (SSSR count). The number of benzene rings is 1. The van der Waals surface area contributed by atoms with Crippen LogP contribution in [0.1, 0.15) is 51.0 Å². The SMILES string of the molecule is C=CC(=O)OCCOCCOc1ccc(CCCCCCCC)cc1. The van der Waals surface area contributed by atoms with Gasteiger partial charge in [0.05, 0.1) is 13.2 Å². The minimum Gasteiger partial charge on any atom is -0.491 e. The quantitative estimate of drug-likeness (QED) is 0.261. The molecule has 1 aromatic rings. The Bertz CT molecular complexity index is 467. The Hall–Kier alpha value is -1.81. The predicted octanol–water partition coefficient (Wildman–Crippen LogP) is 4.71. The van der Waals surface area contributed by atoms with Gasteiger partial charge in [-0.3, -0.25) is 0 Å². The van der Waals surface area contributed by atoms with E-state index in [-0.39, 0.29) is 6.61 Å². The van der Waals surface area contributed by atoms with Crippen LogP contribution in [-0.2, 0) is 20.7 Å². The first-order valence-corrected chi connectivity index (χ1v) is 9.35. The van der Waals surface area contributed by atoms with Gasteiger partial charge in [0.1, 0.15) is 19.0 Å². The van der Waals surface area contributed by atoms with E-state index in [9.17, 15) is 4.79 Å². The Morgan fingerprint density at radius 3 is 2.36 bits per heavy atom. The largest absolute Gasteiger partial charge is 0.491 e. The molecule has 0 unspecified atom stereocenters. The smallest absolute Gasteiger partial charge is 0.330 e. The molecule has 0 aliphatic heterocycles. The van der Waals surface area contributed by atoms with Crippen LogP contribution in [0.3, 0.4) is 0 Å². The second kappa shape index (κ2) is 14.5. The summed E-state index contributed by atoms with van der Waals surface area (Å²) in [7, 11) is 0. The third kappa shape index (κ3) is 11.4. The van der Waals surface area contributed by atoms with Gasteiger partial charge >= 0.3 is 5.97 Å². The van der Waals surface area contributed by atoms with E-state index in [1.54, 1.807) is 0 Å². The molecule has 25 heavy (non-hydrogen) atoms. The van der Waals surface area contributed by atoms with E-state index in [2.05, 4.69) is 25.6 Å². The predicted molar refractivity (Wildman–Crippen MR) is 101 cm³/mol. The summed E-state index contributed by atoms with van der Waals surface area (Å²) in [4.78, 5) is 10.8. The minimum absolute atomic E-state index is 0.234. The lowest BCUT2D eigenvalue weighted by Gasteiger charge is -2.08. The second-order valence-corrected chi connectivity index (χ2v) is 5.99. The molecule has 140 valence electrons. The maximum atomic E-state index is 10.8. The standard InChI is InChI=1S/C21H32O4/c1-3-5-6-7-8-9-10-19-11-13-20(14-12-19)24-17-15-23-16-18-25-21(22)4-2/h4,11-14H,2-3,5-10,15-18H2,1H3. The Labute approximate surface area is 152 Å². The van der Waals surface area contributed by atoms with Crippen molar-refractivity contribution < 1.29 is 19.0 Å². The van der Waals surface area contributed by atoms with Gasteiger partial charge in [0.2, 0.25) is 0 Å². The molecule has 0 aromatic heterocycles. The molecule has 0 aliphatic rings. The highest BCUT2D eigenvalue weighted by molar-refractivity contribution is 5.81. The second-order valence-electron chi connectivity index (χ2n) is 5.99. The summed E-state index contributed by atoms with van der Waals surface area (Å²) in [6, 6.07) is 8.30. The Kier molecular flexibility index (Phi) is 12.3. The molecule has 4 heteroatoms. The molecule has 0 aliphatic carbocycles. The average molecular weight is 348 g/mol. The highest BCUT2D eigenvalue weighted by Crippen LogP contribution is 2.15. The van der Waals surface area contributed by atoms with Gasteiger partial charge in [0.25, 0.3) is 0 Å². The van der Waals surface area contributed by atoms with E-state index in [4.69, 9.17) is 14.2 Å². The van der Waals surface area contributed by atoms with Crippen molar-refractivity contribution in [3.63, 3.8) is 0 Å². The Morgan fingerprint density at radius 2 is 1.64 bits per heavy atom. The Morgan fingerprint density at radius 1 is 0.960 bits per heavy atom. The lowest BCUT2D eigenvalue weighted by molar-refractivity contribution is -0.139. The fraction of sp³-hybridized carbons (Fsp3) is 0.571. The zero-order valence-electron chi connectivity index (χ0n) is 15.5. The van der Waals surface area contributed by atoms with Crippen molar-refractivity contribution in [2.75, 3.05) is 26.4 Å². The first-order chi connectivity index (χ1) is 12.3. The zero-order chi connectivity index (χ0) is 18.2. The summed E-state index contributed by atoms with van der Waals surface area (Å²) in [5.74, 6) is 0.425. The van der Waals surface area contributed by atoms with Gasteiger partial charge in [-0.05, 0) is 30.5 Å². The van der Waals surface area contributed by atoms with E-state index in [0.29, 0.717) is 19.8 Å². The van der Waals surface area contributed by atoms with E-state index < -0.39 is 5.97 Å². The van der Waals surface area contributed by atoms with Gasteiger partial charge < -0.3 is 14.2 Å². The van der Waals surface area contributed by atoms with Crippen LogP contribution in [0.2, 0.25) is 0 Å². The summed E-state index contributed by atoms with van der Waals surface area (Å²) in [5.41, 5.74) is 1.36. The molecule has 0 heterocycles. The lowest BCUT2D eigenvalue weighted by atomic mass is 10.0. The first kappa shape index (κ1) is 21.2. The van der Waals surface area contributed by atoms with Crippen molar-refractivity contribution >= 4 is 5.97 Å². The maximum Gasteiger partial charge on any atom is 0.330 e.